The van der Waals surface area contributed by atoms with Crippen LogP contribution < -0.4 is 10.6 Å². The fourth-order valence-electron chi connectivity index (χ4n) is 2.30. The predicted molar refractivity (Wildman–Crippen MR) is 69.3 cm³/mol. The van der Waals surface area contributed by atoms with Crippen LogP contribution in [0.5, 0.6) is 0 Å². The van der Waals surface area contributed by atoms with Crippen LogP contribution >= 0.6 is 0 Å². The lowest BCUT2D eigenvalue weighted by Gasteiger charge is -2.30. The van der Waals surface area contributed by atoms with Crippen LogP contribution in [0.15, 0.2) is 18.2 Å². The normalized spacial score (nSPS) is 22.9. The maximum absolute atomic E-state index is 13.6. The average molecular weight is 304 g/mol. The molecule has 116 valence electrons. The summed E-state index contributed by atoms with van der Waals surface area (Å²) in [5.74, 6) is -1.60. The first-order valence-corrected chi connectivity index (χ1v) is 6.67. The molecule has 0 radical (unpaired) electrons. The molecule has 1 aliphatic rings. The first kappa shape index (κ1) is 15.8. The Kier molecular flexibility index (Phi) is 4.51. The average Bonchev–Trinajstić information content (AvgIpc) is 2.40. The van der Waals surface area contributed by atoms with Crippen molar-refractivity contribution in [3.05, 3.63) is 35.1 Å². The van der Waals surface area contributed by atoms with Crippen molar-refractivity contribution in [1.29, 1.82) is 0 Å². The predicted octanol–water partition coefficient (Wildman–Crippen LogP) is 2.57. The Morgan fingerprint density at radius 3 is 2.71 bits per heavy atom. The number of carbonyl (C=O) groups is 1. The maximum Gasteiger partial charge on any atom is 0.416 e. The third-order valence-corrected chi connectivity index (χ3v) is 3.68. The van der Waals surface area contributed by atoms with Gasteiger partial charge < -0.3 is 10.6 Å². The Morgan fingerprint density at radius 1 is 1.38 bits per heavy atom. The highest BCUT2D eigenvalue weighted by Crippen LogP contribution is 2.30. The van der Waals surface area contributed by atoms with Gasteiger partial charge in [-0.15, -0.1) is 0 Å². The van der Waals surface area contributed by atoms with Gasteiger partial charge in [0.25, 0.3) is 5.91 Å². The number of nitrogens with one attached hydrogen (secondary N) is 2. The highest BCUT2D eigenvalue weighted by molar-refractivity contribution is 5.94. The van der Waals surface area contributed by atoms with E-state index in [2.05, 4.69) is 10.6 Å². The smallest absolute Gasteiger partial charge is 0.348 e. The molecule has 2 atom stereocenters. The number of amides is 1. The molecule has 0 aromatic heterocycles. The van der Waals surface area contributed by atoms with Crippen molar-refractivity contribution < 1.29 is 22.4 Å². The molecule has 2 unspecified atom stereocenters. The molecule has 1 fully saturated rings. The molecule has 2 rings (SSSR count). The molecular formula is C14H16F4N2O. The lowest BCUT2D eigenvalue weighted by atomic mass is 9.94. The number of hydrogen-bond acceptors (Lipinski definition) is 2. The summed E-state index contributed by atoms with van der Waals surface area (Å²) in [4.78, 5) is 12.0. The van der Waals surface area contributed by atoms with Gasteiger partial charge in [-0.2, -0.15) is 13.2 Å². The number of alkyl halides is 3. The third-order valence-electron chi connectivity index (χ3n) is 3.68. The molecule has 1 aromatic carbocycles. The summed E-state index contributed by atoms with van der Waals surface area (Å²) >= 11 is 0. The van der Waals surface area contributed by atoms with Crippen molar-refractivity contribution in [3.63, 3.8) is 0 Å². The van der Waals surface area contributed by atoms with Crippen LogP contribution in [0.2, 0.25) is 0 Å². The molecule has 21 heavy (non-hydrogen) atoms. The van der Waals surface area contributed by atoms with Crippen LogP contribution in [0, 0.1) is 11.7 Å². The van der Waals surface area contributed by atoms with E-state index >= 15 is 0 Å². The van der Waals surface area contributed by atoms with Gasteiger partial charge in [-0.1, -0.05) is 6.92 Å². The lowest BCUT2D eigenvalue weighted by Crippen LogP contribution is -2.50. The number of halogens is 4. The largest absolute Gasteiger partial charge is 0.416 e. The van der Waals surface area contributed by atoms with Gasteiger partial charge in [-0.05, 0) is 37.1 Å². The third kappa shape index (κ3) is 3.72. The Hall–Kier alpha value is -1.63. The molecule has 1 saturated heterocycles. The summed E-state index contributed by atoms with van der Waals surface area (Å²) in [6.45, 7) is 3.28. The SMILES string of the molecule is CC1CCNCC1NC(=O)c1cc(C(F)(F)F)ccc1F. The molecule has 7 heteroatoms. The van der Waals surface area contributed by atoms with Gasteiger partial charge in [0.1, 0.15) is 5.82 Å². The Balaban J connectivity index is 2.18. The molecule has 2 N–H and O–H groups in total. The van der Waals surface area contributed by atoms with E-state index in [9.17, 15) is 22.4 Å². The Bertz CT molecular complexity index is 530. The quantitative estimate of drug-likeness (QED) is 0.825. The number of carbonyl (C=O) groups excluding carboxylic acids is 1. The van der Waals surface area contributed by atoms with Crippen molar-refractivity contribution in [1.82, 2.24) is 10.6 Å². The standard InChI is InChI=1S/C14H16F4N2O/c1-8-4-5-19-7-12(8)20-13(21)10-6-9(14(16,17)18)2-3-11(10)15/h2-3,6,8,12,19H,4-5,7H2,1H3,(H,20,21). The number of rotatable bonds is 2. The van der Waals surface area contributed by atoms with Gasteiger partial charge >= 0.3 is 6.18 Å². The van der Waals surface area contributed by atoms with E-state index < -0.39 is 29.0 Å². The van der Waals surface area contributed by atoms with E-state index in [1.54, 1.807) is 0 Å². The topological polar surface area (TPSA) is 41.1 Å². The van der Waals surface area contributed by atoms with Gasteiger partial charge in [-0.3, -0.25) is 4.79 Å². The fraction of sp³-hybridized carbons (Fsp3) is 0.500. The number of benzene rings is 1. The van der Waals surface area contributed by atoms with Gasteiger partial charge in [-0.25, -0.2) is 4.39 Å². The van der Waals surface area contributed by atoms with Gasteiger partial charge in [0.05, 0.1) is 11.1 Å². The van der Waals surface area contributed by atoms with Crippen LogP contribution in [0.4, 0.5) is 17.6 Å². The summed E-state index contributed by atoms with van der Waals surface area (Å²) in [5.41, 5.74) is -1.62. The Morgan fingerprint density at radius 2 is 2.10 bits per heavy atom. The molecule has 1 aromatic rings. The van der Waals surface area contributed by atoms with Gasteiger partial charge in [0.15, 0.2) is 0 Å². The zero-order chi connectivity index (χ0) is 15.6. The lowest BCUT2D eigenvalue weighted by molar-refractivity contribution is -0.137. The van der Waals surface area contributed by atoms with E-state index in [0.29, 0.717) is 24.7 Å². The summed E-state index contributed by atoms with van der Waals surface area (Å²) in [6.07, 6.45) is -3.77. The van der Waals surface area contributed by atoms with Gasteiger partial charge in [0, 0.05) is 12.6 Å². The van der Waals surface area contributed by atoms with Gasteiger partial charge in [0.2, 0.25) is 0 Å². The summed E-state index contributed by atoms with van der Waals surface area (Å²) in [6, 6.07) is 1.61. The first-order chi connectivity index (χ1) is 9.79. The second kappa shape index (κ2) is 6.01. The van der Waals surface area contributed by atoms with Crippen LogP contribution in [-0.4, -0.2) is 25.0 Å². The second-order valence-electron chi connectivity index (χ2n) is 5.24. The van der Waals surface area contributed by atoms with Crippen LogP contribution in [0.25, 0.3) is 0 Å². The van der Waals surface area contributed by atoms with E-state index in [1.807, 2.05) is 6.92 Å². The second-order valence-corrected chi connectivity index (χ2v) is 5.24. The summed E-state index contributed by atoms with van der Waals surface area (Å²) in [5, 5.41) is 5.68. The molecule has 1 amide bonds. The minimum Gasteiger partial charge on any atom is -0.348 e. The maximum atomic E-state index is 13.6. The summed E-state index contributed by atoms with van der Waals surface area (Å²) in [7, 11) is 0. The van der Waals surface area contributed by atoms with E-state index in [1.165, 1.54) is 0 Å². The monoisotopic (exact) mass is 304 g/mol. The van der Waals surface area contributed by atoms with Crippen molar-refractivity contribution >= 4 is 5.91 Å². The summed E-state index contributed by atoms with van der Waals surface area (Å²) < 4.78 is 51.5. The molecule has 0 spiro atoms. The van der Waals surface area contributed by atoms with Crippen molar-refractivity contribution in [2.45, 2.75) is 25.6 Å². The molecule has 1 aliphatic heterocycles. The molecule has 3 nitrogen and oxygen atoms in total. The molecule has 0 aliphatic carbocycles. The fourth-order valence-corrected chi connectivity index (χ4v) is 2.30. The number of hydrogen-bond donors (Lipinski definition) is 2. The zero-order valence-electron chi connectivity index (χ0n) is 11.4. The minimum absolute atomic E-state index is 0.184. The van der Waals surface area contributed by atoms with Crippen LogP contribution in [0.1, 0.15) is 29.3 Å². The number of piperidine rings is 1. The van der Waals surface area contributed by atoms with Crippen molar-refractivity contribution in [2.24, 2.45) is 5.92 Å². The first-order valence-electron chi connectivity index (χ1n) is 6.67. The molecule has 1 heterocycles. The van der Waals surface area contributed by atoms with Crippen molar-refractivity contribution in [2.75, 3.05) is 13.1 Å². The van der Waals surface area contributed by atoms with Crippen molar-refractivity contribution in [3.8, 4) is 0 Å². The molecular weight excluding hydrogens is 288 g/mol. The molecule has 0 bridgehead atoms. The minimum atomic E-state index is -4.61. The zero-order valence-corrected chi connectivity index (χ0v) is 11.4. The highest BCUT2D eigenvalue weighted by Gasteiger charge is 2.32. The van der Waals surface area contributed by atoms with E-state index in [-0.39, 0.29) is 12.0 Å². The Labute approximate surface area is 119 Å². The molecule has 0 saturated carbocycles. The van der Waals surface area contributed by atoms with E-state index in [4.69, 9.17) is 0 Å². The van der Waals surface area contributed by atoms with E-state index in [0.717, 1.165) is 13.0 Å². The van der Waals surface area contributed by atoms with Crippen LogP contribution in [-0.2, 0) is 6.18 Å². The van der Waals surface area contributed by atoms with Crippen LogP contribution in [0.3, 0.4) is 0 Å². The highest BCUT2D eigenvalue weighted by atomic mass is 19.4.